The summed E-state index contributed by atoms with van der Waals surface area (Å²) in [7, 11) is 0. The smallest absolute Gasteiger partial charge is 0.347 e. The number of benzene rings is 1. The van der Waals surface area contributed by atoms with Crippen LogP contribution in [-0.2, 0) is 9.53 Å². The van der Waals surface area contributed by atoms with Gasteiger partial charge in [-0.1, -0.05) is 6.07 Å². The summed E-state index contributed by atoms with van der Waals surface area (Å²) in [6.45, 7) is 1.85. The Morgan fingerprint density at radius 3 is 2.88 bits per heavy atom. The molecule has 0 aliphatic carbocycles. The van der Waals surface area contributed by atoms with Crippen LogP contribution in [0, 0.1) is 5.82 Å². The number of hydrogen-bond acceptors (Lipinski definition) is 4. The first-order chi connectivity index (χ1) is 8.08. The third-order valence-electron chi connectivity index (χ3n) is 2.59. The predicted molar refractivity (Wildman–Crippen MR) is 57.0 cm³/mol. The van der Waals surface area contributed by atoms with Crippen LogP contribution in [0.25, 0.3) is 0 Å². The minimum absolute atomic E-state index is 0.00162. The summed E-state index contributed by atoms with van der Waals surface area (Å²) in [5.74, 6) is -1.06. The van der Waals surface area contributed by atoms with Crippen LogP contribution < -0.4 is 4.74 Å². The Morgan fingerprint density at radius 1 is 1.59 bits per heavy atom. The number of carbonyl (C=O) groups is 1. The average molecular weight is 240 g/mol. The van der Waals surface area contributed by atoms with Crippen LogP contribution in [0.1, 0.15) is 25.0 Å². The highest BCUT2D eigenvalue weighted by Crippen LogP contribution is 2.24. The Bertz CT molecular complexity index is 431. The number of ether oxygens (including phenoxy) is 2. The molecule has 17 heavy (non-hydrogen) atoms. The first-order valence-electron chi connectivity index (χ1n) is 5.38. The molecule has 1 saturated heterocycles. The molecular weight excluding hydrogens is 227 g/mol. The Hall–Kier alpha value is -1.62. The Balaban J connectivity index is 2.14. The standard InChI is InChI=1S/C12H13FO4/c1-7(14)8-2-3-10(9(13)6-8)17-11-4-5-16-12(11)15/h2-3,6-7,11,14H,4-5H2,1H3/t7-,11?/m1/s1. The van der Waals surface area contributed by atoms with Crippen molar-refractivity contribution in [2.45, 2.75) is 25.6 Å². The number of hydrogen-bond donors (Lipinski definition) is 1. The molecule has 4 nitrogen and oxygen atoms in total. The fraction of sp³-hybridized carbons (Fsp3) is 0.417. The first-order valence-corrected chi connectivity index (χ1v) is 5.38. The van der Waals surface area contributed by atoms with E-state index in [1.54, 1.807) is 13.0 Å². The lowest BCUT2D eigenvalue weighted by molar-refractivity contribution is -0.143. The number of rotatable bonds is 3. The minimum atomic E-state index is -0.741. The van der Waals surface area contributed by atoms with Crippen molar-refractivity contribution < 1.29 is 23.8 Å². The molecule has 5 heteroatoms. The zero-order valence-corrected chi connectivity index (χ0v) is 9.35. The van der Waals surface area contributed by atoms with Gasteiger partial charge in [-0.05, 0) is 24.6 Å². The van der Waals surface area contributed by atoms with Gasteiger partial charge in [-0.2, -0.15) is 0 Å². The molecule has 1 aromatic rings. The van der Waals surface area contributed by atoms with E-state index in [4.69, 9.17) is 9.47 Å². The maximum atomic E-state index is 13.6. The number of aliphatic hydroxyl groups is 1. The lowest BCUT2D eigenvalue weighted by atomic mass is 10.1. The van der Waals surface area contributed by atoms with Crippen LogP contribution in [0.3, 0.4) is 0 Å². The number of halogens is 1. The molecule has 2 atom stereocenters. The van der Waals surface area contributed by atoms with Crippen LogP contribution in [-0.4, -0.2) is 23.8 Å². The third-order valence-corrected chi connectivity index (χ3v) is 2.59. The second kappa shape index (κ2) is 4.71. The topological polar surface area (TPSA) is 55.8 Å². The summed E-state index contributed by atoms with van der Waals surface area (Å²) in [5.41, 5.74) is 0.462. The Kier molecular flexibility index (Phi) is 3.28. The number of carbonyl (C=O) groups excluding carboxylic acids is 1. The van der Waals surface area contributed by atoms with E-state index in [0.29, 0.717) is 18.6 Å². The molecule has 0 bridgehead atoms. The highest BCUT2D eigenvalue weighted by atomic mass is 19.1. The van der Waals surface area contributed by atoms with Gasteiger partial charge in [0.1, 0.15) is 0 Å². The number of aliphatic hydroxyl groups excluding tert-OH is 1. The zero-order valence-electron chi connectivity index (χ0n) is 9.35. The summed E-state index contributed by atoms with van der Waals surface area (Å²) >= 11 is 0. The van der Waals surface area contributed by atoms with Crippen molar-refractivity contribution in [3.63, 3.8) is 0 Å². The second-order valence-electron chi connectivity index (χ2n) is 3.93. The van der Waals surface area contributed by atoms with Crippen LogP contribution >= 0.6 is 0 Å². The van der Waals surface area contributed by atoms with Crippen molar-refractivity contribution in [2.75, 3.05) is 6.61 Å². The van der Waals surface area contributed by atoms with Crippen molar-refractivity contribution in [3.8, 4) is 5.75 Å². The van der Waals surface area contributed by atoms with Gasteiger partial charge >= 0.3 is 5.97 Å². The highest BCUT2D eigenvalue weighted by molar-refractivity contribution is 5.76. The van der Waals surface area contributed by atoms with Gasteiger partial charge in [0.05, 0.1) is 12.7 Å². The summed E-state index contributed by atoms with van der Waals surface area (Å²) in [6, 6.07) is 4.16. The van der Waals surface area contributed by atoms with Gasteiger partial charge in [-0.15, -0.1) is 0 Å². The Labute approximate surface area is 98.0 Å². The molecule has 1 aliphatic rings. The molecule has 92 valence electrons. The summed E-state index contributed by atoms with van der Waals surface area (Å²) < 4.78 is 23.5. The van der Waals surface area contributed by atoms with Crippen molar-refractivity contribution in [3.05, 3.63) is 29.6 Å². The maximum Gasteiger partial charge on any atom is 0.347 e. The number of esters is 1. The average Bonchev–Trinajstić information content (AvgIpc) is 2.67. The first kappa shape index (κ1) is 11.9. The van der Waals surface area contributed by atoms with E-state index in [1.165, 1.54) is 12.1 Å². The van der Waals surface area contributed by atoms with Gasteiger partial charge in [0.25, 0.3) is 0 Å². The lowest BCUT2D eigenvalue weighted by Crippen LogP contribution is -2.22. The van der Waals surface area contributed by atoms with E-state index in [9.17, 15) is 14.3 Å². The second-order valence-corrected chi connectivity index (χ2v) is 3.93. The van der Waals surface area contributed by atoms with E-state index in [1.807, 2.05) is 0 Å². The molecular formula is C12H13FO4. The van der Waals surface area contributed by atoms with E-state index in [0.717, 1.165) is 0 Å². The molecule has 0 saturated carbocycles. The summed E-state index contributed by atoms with van der Waals surface area (Å²) in [5, 5.41) is 9.28. The van der Waals surface area contributed by atoms with Gasteiger partial charge in [-0.3, -0.25) is 0 Å². The van der Waals surface area contributed by atoms with Gasteiger partial charge in [0.2, 0.25) is 0 Å². The molecule has 2 rings (SSSR count). The lowest BCUT2D eigenvalue weighted by Gasteiger charge is -2.12. The minimum Gasteiger partial charge on any atom is -0.476 e. The van der Waals surface area contributed by atoms with E-state index in [-0.39, 0.29) is 5.75 Å². The summed E-state index contributed by atoms with van der Waals surface area (Å²) in [4.78, 5) is 11.2. The van der Waals surface area contributed by atoms with Crippen LogP contribution in [0.5, 0.6) is 5.75 Å². The van der Waals surface area contributed by atoms with Crippen molar-refractivity contribution in [1.29, 1.82) is 0 Å². The van der Waals surface area contributed by atoms with E-state index in [2.05, 4.69) is 0 Å². The van der Waals surface area contributed by atoms with Gasteiger partial charge < -0.3 is 14.6 Å². The normalized spacial score (nSPS) is 21.1. The molecule has 0 spiro atoms. The van der Waals surface area contributed by atoms with Crippen LogP contribution in [0.2, 0.25) is 0 Å². The largest absolute Gasteiger partial charge is 0.476 e. The third kappa shape index (κ3) is 2.55. The molecule has 1 aliphatic heterocycles. The SMILES string of the molecule is C[C@@H](O)c1ccc(OC2CCOC2=O)c(F)c1. The van der Waals surface area contributed by atoms with E-state index < -0.39 is 24.0 Å². The molecule has 1 unspecified atom stereocenters. The van der Waals surface area contributed by atoms with E-state index >= 15 is 0 Å². The van der Waals surface area contributed by atoms with Gasteiger partial charge in [0, 0.05) is 6.42 Å². The maximum absolute atomic E-state index is 13.6. The highest BCUT2D eigenvalue weighted by Gasteiger charge is 2.29. The fourth-order valence-corrected chi connectivity index (χ4v) is 1.61. The fourth-order valence-electron chi connectivity index (χ4n) is 1.61. The predicted octanol–water partition coefficient (Wildman–Crippen LogP) is 1.57. The van der Waals surface area contributed by atoms with Gasteiger partial charge in [0.15, 0.2) is 17.7 Å². The monoisotopic (exact) mass is 240 g/mol. The van der Waals surface area contributed by atoms with Crippen LogP contribution in [0.4, 0.5) is 4.39 Å². The van der Waals surface area contributed by atoms with Crippen LogP contribution in [0.15, 0.2) is 18.2 Å². The van der Waals surface area contributed by atoms with Crippen molar-refractivity contribution >= 4 is 5.97 Å². The van der Waals surface area contributed by atoms with Crippen molar-refractivity contribution in [2.24, 2.45) is 0 Å². The molecule has 0 radical (unpaired) electrons. The van der Waals surface area contributed by atoms with Gasteiger partial charge in [-0.25, -0.2) is 9.18 Å². The number of cyclic esters (lactones) is 1. The quantitative estimate of drug-likeness (QED) is 0.815. The molecule has 1 N–H and O–H groups in total. The molecule has 1 aromatic carbocycles. The Morgan fingerprint density at radius 2 is 2.35 bits per heavy atom. The molecule has 0 aromatic heterocycles. The van der Waals surface area contributed by atoms with Crippen molar-refractivity contribution in [1.82, 2.24) is 0 Å². The molecule has 0 amide bonds. The molecule has 1 fully saturated rings. The molecule has 1 heterocycles. The summed E-state index contributed by atoms with van der Waals surface area (Å²) in [6.07, 6.45) is -1.05. The zero-order chi connectivity index (χ0) is 12.4.